The first-order valence-corrected chi connectivity index (χ1v) is 23.8. The summed E-state index contributed by atoms with van der Waals surface area (Å²) in [7, 11) is 0. The molecule has 10 aromatic rings. The Morgan fingerprint density at radius 1 is 0.313 bits per heavy atom. The second kappa shape index (κ2) is 15.5. The van der Waals surface area contributed by atoms with Crippen LogP contribution in [0.4, 0.5) is 34.1 Å². The molecule has 0 aliphatic carbocycles. The monoisotopic (exact) mass is 860 g/mol. The maximum Gasteiger partial charge on any atom is 0.252 e. The van der Waals surface area contributed by atoms with Gasteiger partial charge in [0.05, 0.1) is 0 Å². The van der Waals surface area contributed by atoms with Crippen molar-refractivity contribution in [3.8, 4) is 33.4 Å². The Labute approximate surface area is 395 Å². The molecule has 3 heteroatoms. The summed E-state index contributed by atoms with van der Waals surface area (Å²) >= 11 is 0. The fourth-order valence-corrected chi connectivity index (χ4v) is 11.0. The summed E-state index contributed by atoms with van der Waals surface area (Å²) in [6.07, 6.45) is 0. The van der Waals surface area contributed by atoms with Gasteiger partial charge in [0.15, 0.2) is 0 Å². The van der Waals surface area contributed by atoms with Crippen molar-refractivity contribution in [1.29, 1.82) is 0 Å². The average molecular weight is 861 g/mol. The summed E-state index contributed by atoms with van der Waals surface area (Å²) in [5, 5.41) is 5.03. The van der Waals surface area contributed by atoms with E-state index in [1.54, 1.807) is 0 Å². The summed E-state index contributed by atoms with van der Waals surface area (Å²) in [6, 6.07) is 79.6. The Kier molecular flexibility index (Phi) is 9.45. The summed E-state index contributed by atoms with van der Waals surface area (Å²) in [6.45, 7) is 14.0. The van der Waals surface area contributed by atoms with Crippen LogP contribution in [0.2, 0.25) is 0 Å². The van der Waals surface area contributed by atoms with Gasteiger partial charge in [0.2, 0.25) is 0 Å². The minimum absolute atomic E-state index is 0.0270. The number of para-hydroxylation sites is 2. The fraction of sp³-hybridized carbons (Fsp3) is 0.125. The van der Waals surface area contributed by atoms with Crippen LogP contribution in [0.1, 0.15) is 52.7 Å². The lowest BCUT2D eigenvalue weighted by Crippen LogP contribution is -2.61. The highest BCUT2D eigenvalue weighted by Crippen LogP contribution is 2.49. The molecule has 0 aromatic heterocycles. The van der Waals surface area contributed by atoms with Gasteiger partial charge in [0, 0.05) is 34.1 Å². The summed E-state index contributed by atoms with van der Waals surface area (Å²) in [4.78, 5) is 5.10. The van der Waals surface area contributed by atoms with E-state index in [4.69, 9.17) is 0 Å². The third kappa shape index (κ3) is 6.71. The highest BCUT2D eigenvalue weighted by molar-refractivity contribution is 7.00. The van der Waals surface area contributed by atoms with Crippen molar-refractivity contribution in [3.63, 3.8) is 0 Å². The van der Waals surface area contributed by atoms with E-state index in [0.29, 0.717) is 0 Å². The largest absolute Gasteiger partial charge is 0.311 e. The smallest absolute Gasteiger partial charge is 0.252 e. The van der Waals surface area contributed by atoms with Crippen molar-refractivity contribution < 1.29 is 0 Å². The molecule has 0 N–H and O–H groups in total. The molecule has 322 valence electrons. The van der Waals surface area contributed by atoms with Gasteiger partial charge in [-0.2, -0.15) is 0 Å². The molecule has 0 unspecified atom stereocenters. The van der Waals surface area contributed by atoms with Crippen LogP contribution in [-0.4, -0.2) is 6.71 Å². The van der Waals surface area contributed by atoms with Gasteiger partial charge < -0.3 is 9.80 Å². The predicted molar refractivity (Wildman–Crippen MR) is 289 cm³/mol. The molecule has 0 spiro atoms. The Morgan fingerprint density at radius 3 is 1.15 bits per heavy atom. The molecule has 2 aliphatic rings. The molecule has 10 aromatic carbocycles. The number of rotatable bonds is 5. The highest BCUT2D eigenvalue weighted by atomic mass is 15.2. The number of hydrogen-bond acceptors (Lipinski definition) is 2. The number of anilines is 6. The van der Waals surface area contributed by atoms with Gasteiger partial charge in [-0.3, -0.25) is 0 Å². The summed E-state index contributed by atoms with van der Waals surface area (Å²) in [5.74, 6) is 0. The molecular formula is C64H53BN2. The predicted octanol–water partition coefficient (Wildman–Crippen LogP) is 15.7. The third-order valence-corrected chi connectivity index (χ3v) is 14.3. The molecule has 0 radical (unpaired) electrons. The van der Waals surface area contributed by atoms with Crippen LogP contribution in [0.5, 0.6) is 0 Å². The second-order valence-electron chi connectivity index (χ2n) is 20.5. The van der Waals surface area contributed by atoms with E-state index in [9.17, 15) is 0 Å². The van der Waals surface area contributed by atoms with Gasteiger partial charge in [-0.05, 0) is 148 Å². The van der Waals surface area contributed by atoms with Crippen LogP contribution in [-0.2, 0) is 10.8 Å². The van der Waals surface area contributed by atoms with E-state index in [1.165, 1.54) is 105 Å². The van der Waals surface area contributed by atoms with Crippen molar-refractivity contribution in [2.75, 3.05) is 9.80 Å². The van der Waals surface area contributed by atoms with Crippen LogP contribution in [0.25, 0.3) is 54.9 Å². The molecule has 2 aliphatic heterocycles. The van der Waals surface area contributed by atoms with Crippen molar-refractivity contribution >= 4 is 78.8 Å². The van der Waals surface area contributed by atoms with Gasteiger partial charge in [0.25, 0.3) is 6.71 Å². The Balaban J connectivity index is 1.16. The van der Waals surface area contributed by atoms with Crippen LogP contribution < -0.4 is 26.2 Å². The van der Waals surface area contributed by atoms with Gasteiger partial charge in [0.1, 0.15) is 0 Å². The number of hydrogen-bond donors (Lipinski definition) is 0. The third-order valence-electron chi connectivity index (χ3n) is 14.3. The highest BCUT2D eigenvalue weighted by Gasteiger charge is 2.44. The van der Waals surface area contributed by atoms with E-state index in [0.717, 1.165) is 11.4 Å². The number of benzene rings is 10. The second-order valence-corrected chi connectivity index (χ2v) is 20.5. The Bertz CT molecular complexity index is 3360. The maximum absolute atomic E-state index is 2.55. The molecule has 0 atom stereocenters. The van der Waals surface area contributed by atoms with Crippen LogP contribution in [0.15, 0.2) is 212 Å². The van der Waals surface area contributed by atoms with Crippen LogP contribution >= 0.6 is 0 Å². The SMILES string of the molecule is CC(C)(C)c1ccc2c(c1)N(c1ccccc1)c1cc(-c3cccc(-c4c5ccccc5c(-c5ccccc5)c5ccccc45)c3)cc3c1B2c1ccc(C(C)(C)C)cc1N3c1ccccc1. The first kappa shape index (κ1) is 40.9. The fourth-order valence-electron chi connectivity index (χ4n) is 11.0. The molecule has 2 heterocycles. The molecule has 0 saturated heterocycles. The first-order chi connectivity index (χ1) is 32.5. The zero-order chi connectivity index (χ0) is 45.6. The Morgan fingerprint density at radius 2 is 0.701 bits per heavy atom. The van der Waals surface area contributed by atoms with E-state index >= 15 is 0 Å². The zero-order valence-electron chi connectivity index (χ0n) is 39.2. The normalized spacial score (nSPS) is 13.1. The molecular weight excluding hydrogens is 808 g/mol. The minimum atomic E-state index is -0.0328. The molecule has 0 fully saturated rings. The van der Waals surface area contributed by atoms with Gasteiger partial charge >= 0.3 is 0 Å². The zero-order valence-corrected chi connectivity index (χ0v) is 39.2. The van der Waals surface area contributed by atoms with E-state index in [1.807, 2.05) is 0 Å². The van der Waals surface area contributed by atoms with Crippen LogP contribution in [0, 0.1) is 0 Å². The molecule has 67 heavy (non-hydrogen) atoms. The molecule has 0 bridgehead atoms. The summed E-state index contributed by atoms with van der Waals surface area (Å²) < 4.78 is 0. The van der Waals surface area contributed by atoms with E-state index in [2.05, 4.69) is 264 Å². The van der Waals surface area contributed by atoms with Crippen LogP contribution in [0.3, 0.4) is 0 Å². The minimum Gasteiger partial charge on any atom is -0.311 e. The van der Waals surface area contributed by atoms with Crippen molar-refractivity contribution in [2.24, 2.45) is 0 Å². The quantitative estimate of drug-likeness (QED) is 0.126. The average Bonchev–Trinajstić information content (AvgIpc) is 3.35. The van der Waals surface area contributed by atoms with Gasteiger partial charge in [-0.1, -0.05) is 199 Å². The number of nitrogens with zero attached hydrogens (tertiary/aromatic N) is 2. The summed E-state index contributed by atoms with van der Waals surface area (Å²) in [5.41, 5.74) is 21.1. The standard InChI is InChI=1S/C64H53BN2/c1-63(2,3)46-33-35-54-56(40-46)66(48-25-12-8-13-26-48)58-38-45(39-59-62(58)65(54)55-36-34-47(64(4,5)6)41-57(55)67(59)49-27-14-9-15-28-49)43-23-20-24-44(37-43)61-52-31-18-16-29-50(52)60(42-21-10-7-11-22-42)51-30-17-19-32-53(51)61/h7-41H,1-6H3. The van der Waals surface area contributed by atoms with Crippen molar-refractivity contribution in [2.45, 2.75) is 52.4 Å². The van der Waals surface area contributed by atoms with Gasteiger partial charge in [-0.25, -0.2) is 0 Å². The lowest BCUT2D eigenvalue weighted by atomic mass is 9.33. The van der Waals surface area contributed by atoms with Gasteiger partial charge in [-0.15, -0.1) is 0 Å². The lowest BCUT2D eigenvalue weighted by Gasteiger charge is -2.45. The number of fused-ring (bicyclic) bond motifs is 6. The molecule has 0 saturated carbocycles. The molecule has 0 amide bonds. The Hall–Kier alpha value is -7.62. The molecule has 12 rings (SSSR count). The molecule has 2 nitrogen and oxygen atoms in total. The van der Waals surface area contributed by atoms with E-state index < -0.39 is 0 Å². The first-order valence-electron chi connectivity index (χ1n) is 23.8. The topological polar surface area (TPSA) is 6.48 Å². The van der Waals surface area contributed by atoms with Crippen molar-refractivity contribution in [1.82, 2.24) is 0 Å². The van der Waals surface area contributed by atoms with Crippen molar-refractivity contribution in [3.05, 3.63) is 223 Å². The maximum atomic E-state index is 2.55. The lowest BCUT2D eigenvalue weighted by molar-refractivity contribution is 0.590. The van der Waals surface area contributed by atoms with E-state index in [-0.39, 0.29) is 17.5 Å².